The third-order valence-electron chi connectivity index (χ3n) is 4.22. The summed E-state index contributed by atoms with van der Waals surface area (Å²) in [7, 11) is 0. The number of rotatable bonds is 4. The van der Waals surface area contributed by atoms with E-state index in [4.69, 9.17) is 0 Å². The zero-order valence-electron chi connectivity index (χ0n) is 13.6. The van der Waals surface area contributed by atoms with Gasteiger partial charge in [-0.1, -0.05) is 12.1 Å². The second-order valence-electron chi connectivity index (χ2n) is 6.03. The largest absolute Gasteiger partial charge is 0.333 e. The maximum absolute atomic E-state index is 12.1. The number of nitrogens with zero attached hydrogens (tertiary/aromatic N) is 2. The number of fused-ring (bicyclic) bond motifs is 1. The number of likely N-dealkylation sites (tertiary alicyclic amines) is 1. The molecule has 1 fully saturated rings. The van der Waals surface area contributed by atoms with Crippen LogP contribution in [0.2, 0.25) is 0 Å². The number of nitrogens with one attached hydrogen (secondary N) is 1. The van der Waals surface area contributed by atoms with E-state index in [-0.39, 0.29) is 18.4 Å². The van der Waals surface area contributed by atoms with Crippen LogP contribution in [0.3, 0.4) is 0 Å². The van der Waals surface area contributed by atoms with Crippen molar-refractivity contribution in [2.75, 3.05) is 18.4 Å². The van der Waals surface area contributed by atoms with Crippen LogP contribution in [0.15, 0.2) is 48.5 Å². The Morgan fingerprint density at radius 1 is 1.16 bits per heavy atom. The van der Waals surface area contributed by atoms with Crippen LogP contribution in [0.25, 0.3) is 20.8 Å². The van der Waals surface area contributed by atoms with E-state index in [1.807, 2.05) is 42.5 Å². The summed E-state index contributed by atoms with van der Waals surface area (Å²) in [6.45, 7) is 0.793. The molecule has 3 aromatic rings. The summed E-state index contributed by atoms with van der Waals surface area (Å²) in [4.78, 5) is 29.9. The first-order valence-electron chi connectivity index (χ1n) is 8.23. The third-order valence-corrected chi connectivity index (χ3v) is 5.30. The normalized spacial score (nSPS) is 14.2. The lowest BCUT2D eigenvalue weighted by Gasteiger charge is -2.15. The molecule has 0 saturated carbocycles. The SMILES string of the molecule is O=C(CN1CCCC1=O)Nc1ccc(-c2nc3ccccc3s2)cc1. The molecule has 0 unspecified atom stereocenters. The molecule has 2 aromatic carbocycles. The third kappa shape index (κ3) is 3.39. The Morgan fingerprint density at radius 2 is 1.96 bits per heavy atom. The fourth-order valence-corrected chi connectivity index (χ4v) is 3.91. The molecule has 1 aromatic heterocycles. The topological polar surface area (TPSA) is 62.3 Å². The summed E-state index contributed by atoms with van der Waals surface area (Å²) < 4.78 is 1.16. The Bertz CT molecular complexity index is 900. The van der Waals surface area contributed by atoms with E-state index < -0.39 is 0 Å². The van der Waals surface area contributed by atoms with Gasteiger partial charge < -0.3 is 10.2 Å². The fourth-order valence-electron chi connectivity index (χ4n) is 2.94. The number of aromatic nitrogens is 1. The van der Waals surface area contributed by atoms with Crippen molar-refractivity contribution in [2.45, 2.75) is 12.8 Å². The molecule has 2 amide bonds. The Hall–Kier alpha value is -2.73. The van der Waals surface area contributed by atoms with E-state index in [1.54, 1.807) is 16.2 Å². The number of hydrogen-bond donors (Lipinski definition) is 1. The molecule has 1 saturated heterocycles. The van der Waals surface area contributed by atoms with Crippen LogP contribution in [0.5, 0.6) is 0 Å². The highest BCUT2D eigenvalue weighted by molar-refractivity contribution is 7.21. The smallest absolute Gasteiger partial charge is 0.243 e. The van der Waals surface area contributed by atoms with Crippen LogP contribution in [0, 0.1) is 0 Å². The van der Waals surface area contributed by atoms with Gasteiger partial charge in [0.2, 0.25) is 11.8 Å². The van der Waals surface area contributed by atoms with Crippen LogP contribution in [-0.4, -0.2) is 34.8 Å². The number of para-hydroxylation sites is 1. The van der Waals surface area contributed by atoms with Crippen molar-refractivity contribution in [3.63, 3.8) is 0 Å². The van der Waals surface area contributed by atoms with E-state index in [1.165, 1.54) is 0 Å². The summed E-state index contributed by atoms with van der Waals surface area (Å²) in [6.07, 6.45) is 1.38. The van der Waals surface area contributed by atoms with E-state index >= 15 is 0 Å². The molecule has 4 rings (SSSR count). The highest BCUT2D eigenvalue weighted by Crippen LogP contribution is 2.30. The fraction of sp³-hybridized carbons (Fsp3) is 0.211. The quantitative estimate of drug-likeness (QED) is 0.782. The first-order valence-corrected chi connectivity index (χ1v) is 9.04. The minimum atomic E-state index is -0.164. The number of hydrogen-bond acceptors (Lipinski definition) is 4. The zero-order chi connectivity index (χ0) is 17.2. The van der Waals surface area contributed by atoms with Crippen molar-refractivity contribution in [1.82, 2.24) is 9.88 Å². The van der Waals surface area contributed by atoms with Gasteiger partial charge in [0.25, 0.3) is 0 Å². The molecule has 0 radical (unpaired) electrons. The van der Waals surface area contributed by atoms with Crippen LogP contribution in [0.4, 0.5) is 5.69 Å². The van der Waals surface area contributed by atoms with Gasteiger partial charge in [-0.25, -0.2) is 4.98 Å². The Labute approximate surface area is 149 Å². The van der Waals surface area contributed by atoms with Gasteiger partial charge >= 0.3 is 0 Å². The van der Waals surface area contributed by atoms with Crippen molar-refractivity contribution in [3.8, 4) is 10.6 Å². The summed E-state index contributed by atoms with van der Waals surface area (Å²) in [5.41, 5.74) is 2.74. The van der Waals surface area contributed by atoms with Gasteiger partial charge in [-0.3, -0.25) is 9.59 Å². The predicted molar refractivity (Wildman–Crippen MR) is 99.5 cm³/mol. The number of thiazole rings is 1. The van der Waals surface area contributed by atoms with Gasteiger partial charge in [0.15, 0.2) is 0 Å². The first kappa shape index (κ1) is 15.8. The second-order valence-corrected chi connectivity index (χ2v) is 7.06. The number of benzene rings is 2. The van der Waals surface area contributed by atoms with Crippen molar-refractivity contribution >= 4 is 39.1 Å². The summed E-state index contributed by atoms with van der Waals surface area (Å²) in [6, 6.07) is 15.7. The molecule has 5 nitrogen and oxygen atoms in total. The average Bonchev–Trinajstić information content (AvgIpc) is 3.22. The standard InChI is InChI=1S/C19H17N3O2S/c23-17(12-22-11-3-6-18(22)24)20-14-9-7-13(8-10-14)19-21-15-4-1-2-5-16(15)25-19/h1-2,4-5,7-10H,3,6,11-12H2,(H,20,23). The monoisotopic (exact) mass is 351 g/mol. The van der Waals surface area contributed by atoms with Gasteiger partial charge in [-0.2, -0.15) is 0 Å². The van der Waals surface area contributed by atoms with E-state index in [0.29, 0.717) is 13.0 Å². The molecule has 1 aliphatic heterocycles. The van der Waals surface area contributed by atoms with Crippen molar-refractivity contribution in [2.24, 2.45) is 0 Å². The van der Waals surface area contributed by atoms with Crippen molar-refractivity contribution < 1.29 is 9.59 Å². The van der Waals surface area contributed by atoms with Crippen LogP contribution in [0.1, 0.15) is 12.8 Å². The minimum Gasteiger partial charge on any atom is -0.333 e. The van der Waals surface area contributed by atoms with Crippen molar-refractivity contribution in [1.29, 1.82) is 0 Å². The predicted octanol–water partition coefficient (Wildman–Crippen LogP) is 3.52. The molecule has 0 aliphatic carbocycles. The highest BCUT2D eigenvalue weighted by atomic mass is 32.1. The number of amides is 2. The molecule has 0 bridgehead atoms. The molecular formula is C19H17N3O2S. The van der Waals surface area contributed by atoms with Gasteiger partial charge in [0, 0.05) is 24.2 Å². The van der Waals surface area contributed by atoms with E-state index in [9.17, 15) is 9.59 Å². The molecule has 6 heteroatoms. The van der Waals surface area contributed by atoms with Crippen molar-refractivity contribution in [3.05, 3.63) is 48.5 Å². The maximum Gasteiger partial charge on any atom is 0.243 e. The van der Waals surface area contributed by atoms with Gasteiger partial charge in [-0.15, -0.1) is 11.3 Å². The summed E-state index contributed by atoms with van der Waals surface area (Å²) in [5, 5.41) is 3.80. The number of anilines is 1. The van der Waals surface area contributed by atoms with E-state index in [2.05, 4.69) is 16.4 Å². The minimum absolute atomic E-state index is 0.0568. The highest BCUT2D eigenvalue weighted by Gasteiger charge is 2.22. The molecule has 2 heterocycles. The van der Waals surface area contributed by atoms with Gasteiger partial charge in [0.05, 0.1) is 16.8 Å². The molecule has 0 atom stereocenters. The second kappa shape index (κ2) is 6.64. The Balaban J connectivity index is 1.44. The molecule has 1 N–H and O–H groups in total. The van der Waals surface area contributed by atoms with Crippen LogP contribution in [-0.2, 0) is 9.59 Å². The summed E-state index contributed by atoms with van der Waals surface area (Å²) >= 11 is 1.65. The Morgan fingerprint density at radius 3 is 2.68 bits per heavy atom. The lowest BCUT2D eigenvalue weighted by atomic mass is 10.2. The zero-order valence-corrected chi connectivity index (χ0v) is 14.4. The molecule has 1 aliphatic rings. The number of carbonyl (C=O) groups is 2. The molecule has 126 valence electrons. The first-order chi connectivity index (χ1) is 12.2. The maximum atomic E-state index is 12.1. The van der Waals surface area contributed by atoms with Gasteiger partial charge in [0.1, 0.15) is 5.01 Å². The lowest BCUT2D eigenvalue weighted by Crippen LogP contribution is -2.33. The Kier molecular flexibility index (Phi) is 4.19. The molecular weight excluding hydrogens is 334 g/mol. The lowest BCUT2D eigenvalue weighted by molar-refractivity contribution is -0.131. The summed E-state index contributed by atoms with van der Waals surface area (Å²) in [5.74, 6) is -0.107. The van der Waals surface area contributed by atoms with Gasteiger partial charge in [-0.05, 0) is 42.8 Å². The van der Waals surface area contributed by atoms with Crippen LogP contribution < -0.4 is 5.32 Å². The molecule has 0 spiro atoms. The van der Waals surface area contributed by atoms with Crippen LogP contribution >= 0.6 is 11.3 Å². The molecule has 25 heavy (non-hydrogen) atoms. The van der Waals surface area contributed by atoms with E-state index in [0.717, 1.165) is 32.9 Å². The number of carbonyl (C=O) groups excluding carboxylic acids is 2. The average molecular weight is 351 g/mol.